The fraction of sp³-hybridized carbons (Fsp3) is 0.0909. The number of benzene rings is 2. The summed E-state index contributed by atoms with van der Waals surface area (Å²) in [5, 5.41) is 27.7. The molecular weight excluding hydrogens is 439 g/mol. The second kappa shape index (κ2) is 9.27. The van der Waals surface area contributed by atoms with Crippen LogP contribution in [0.5, 0.6) is 0 Å². The van der Waals surface area contributed by atoms with E-state index in [4.69, 9.17) is 5.26 Å². The molecule has 0 aliphatic heterocycles. The zero-order valence-corrected chi connectivity index (χ0v) is 17.0. The first-order chi connectivity index (χ1) is 15.7. The lowest BCUT2D eigenvalue weighted by Gasteiger charge is -2.15. The van der Waals surface area contributed by atoms with Crippen molar-refractivity contribution in [2.75, 3.05) is 12.4 Å². The predicted molar refractivity (Wildman–Crippen MR) is 112 cm³/mol. The molecule has 2 aromatic carbocycles. The molecule has 1 amide bonds. The van der Waals surface area contributed by atoms with Crippen molar-refractivity contribution in [2.45, 2.75) is 6.18 Å². The van der Waals surface area contributed by atoms with Crippen LogP contribution >= 0.6 is 0 Å². The van der Waals surface area contributed by atoms with Gasteiger partial charge in [-0.3, -0.25) is 4.79 Å². The number of carbonyl (C=O) groups excluding carboxylic acids is 1. The number of halogens is 3. The third kappa shape index (κ3) is 5.01. The standard InChI is InChI=1S/C22H16F3N5O3/c1-27-19(17-9-10-28-30(17)16-7-5-13(12-26)6-8-16)18(21(32)33)20(31)29-15-4-2-3-14(11-15)22(23,24)25/h2-11,27H,1H3,(H,29,31)(H,32,33)/b19-18+. The number of aromatic nitrogens is 2. The molecule has 1 heterocycles. The molecule has 0 aliphatic carbocycles. The fourth-order valence-electron chi connectivity index (χ4n) is 3.04. The Morgan fingerprint density at radius 1 is 1.12 bits per heavy atom. The molecule has 0 spiro atoms. The highest BCUT2D eigenvalue weighted by Crippen LogP contribution is 2.31. The van der Waals surface area contributed by atoms with Crippen LogP contribution in [-0.4, -0.2) is 33.8 Å². The normalized spacial score (nSPS) is 11.8. The van der Waals surface area contributed by atoms with E-state index >= 15 is 0 Å². The van der Waals surface area contributed by atoms with E-state index in [2.05, 4.69) is 15.7 Å². The van der Waals surface area contributed by atoms with Crippen molar-refractivity contribution >= 4 is 23.3 Å². The van der Waals surface area contributed by atoms with Crippen molar-refractivity contribution in [2.24, 2.45) is 0 Å². The van der Waals surface area contributed by atoms with Gasteiger partial charge in [-0.1, -0.05) is 6.07 Å². The Hall–Kier alpha value is -4.59. The van der Waals surface area contributed by atoms with Gasteiger partial charge in [-0.2, -0.15) is 23.5 Å². The minimum absolute atomic E-state index is 0.117. The Morgan fingerprint density at radius 3 is 2.39 bits per heavy atom. The largest absolute Gasteiger partial charge is 0.477 e. The summed E-state index contributed by atoms with van der Waals surface area (Å²) in [5.74, 6) is -2.73. The summed E-state index contributed by atoms with van der Waals surface area (Å²) in [7, 11) is 1.39. The number of rotatable bonds is 6. The van der Waals surface area contributed by atoms with Crippen LogP contribution in [-0.2, 0) is 15.8 Å². The number of carboxylic acids is 1. The number of hydrogen-bond donors (Lipinski definition) is 3. The molecule has 3 rings (SSSR count). The van der Waals surface area contributed by atoms with Crippen LogP contribution in [0.15, 0.2) is 66.4 Å². The summed E-state index contributed by atoms with van der Waals surface area (Å²) in [6.07, 6.45) is -3.25. The smallest absolute Gasteiger partial charge is 0.416 e. The molecule has 0 saturated heterocycles. The summed E-state index contributed by atoms with van der Waals surface area (Å²) >= 11 is 0. The number of nitrogens with zero attached hydrogens (tertiary/aromatic N) is 3. The van der Waals surface area contributed by atoms with Gasteiger partial charge in [-0.05, 0) is 48.5 Å². The Bertz CT molecular complexity index is 1270. The van der Waals surface area contributed by atoms with E-state index in [1.165, 1.54) is 30.1 Å². The van der Waals surface area contributed by atoms with Crippen LogP contribution in [0, 0.1) is 11.3 Å². The van der Waals surface area contributed by atoms with Crippen molar-refractivity contribution in [1.82, 2.24) is 15.1 Å². The lowest BCUT2D eigenvalue weighted by atomic mass is 10.1. The fourth-order valence-corrected chi connectivity index (χ4v) is 3.04. The predicted octanol–water partition coefficient (Wildman–Crippen LogP) is 3.42. The number of nitrogens with one attached hydrogen (secondary N) is 2. The Morgan fingerprint density at radius 2 is 1.82 bits per heavy atom. The van der Waals surface area contributed by atoms with E-state index in [-0.39, 0.29) is 17.1 Å². The van der Waals surface area contributed by atoms with Crippen molar-refractivity contribution in [3.05, 3.63) is 83.2 Å². The van der Waals surface area contributed by atoms with Gasteiger partial charge in [0.25, 0.3) is 5.91 Å². The number of carboxylic acid groups (broad SMARTS) is 1. The Labute approximate surface area is 185 Å². The number of hydrogen-bond acceptors (Lipinski definition) is 5. The third-order valence-electron chi connectivity index (χ3n) is 4.53. The van der Waals surface area contributed by atoms with Gasteiger partial charge < -0.3 is 15.7 Å². The van der Waals surface area contributed by atoms with Crippen LogP contribution in [0.4, 0.5) is 18.9 Å². The summed E-state index contributed by atoms with van der Waals surface area (Å²) in [5.41, 5.74) is -0.954. The van der Waals surface area contributed by atoms with Crippen LogP contribution in [0.3, 0.4) is 0 Å². The van der Waals surface area contributed by atoms with Gasteiger partial charge in [-0.15, -0.1) is 0 Å². The van der Waals surface area contributed by atoms with Crippen LogP contribution in [0.1, 0.15) is 16.8 Å². The molecule has 0 bridgehead atoms. The lowest BCUT2D eigenvalue weighted by molar-refractivity contribution is -0.138. The monoisotopic (exact) mass is 455 g/mol. The van der Waals surface area contributed by atoms with Crippen LogP contribution in [0.2, 0.25) is 0 Å². The number of aliphatic carboxylic acids is 1. The van der Waals surface area contributed by atoms with E-state index in [1.807, 2.05) is 6.07 Å². The first kappa shape index (κ1) is 23.1. The van der Waals surface area contributed by atoms with Crippen molar-refractivity contribution in [1.29, 1.82) is 5.26 Å². The van der Waals surface area contributed by atoms with Crippen molar-refractivity contribution in [3.63, 3.8) is 0 Å². The summed E-state index contributed by atoms with van der Waals surface area (Å²) in [6.45, 7) is 0. The first-order valence-corrected chi connectivity index (χ1v) is 9.34. The molecule has 8 nitrogen and oxygen atoms in total. The van der Waals surface area contributed by atoms with E-state index < -0.39 is 29.2 Å². The number of amides is 1. The summed E-state index contributed by atoms with van der Waals surface area (Å²) < 4.78 is 40.2. The van der Waals surface area contributed by atoms with Crippen molar-refractivity contribution in [3.8, 4) is 11.8 Å². The molecule has 3 N–H and O–H groups in total. The van der Waals surface area contributed by atoms with Gasteiger partial charge in [0.05, 0.1) is 40.5 Å². The summed E-state index contributed by atoms with van der Waals surface area (Å²) in [4.78, 5) is 24.8. The third-order valence-corrected chi connectivity index (χ3v) is 4.53. The molecule has 11 heteroatoms. The molecule has 0 fully saturated rings. The first-order valence-electron chi connectivity index (χ1n) is 9.34. The highest BCUT2D eigenvalue weighted by molar-refractivity contribution is 6.25. The molecule has 33 heavy (non-hydrogen) atoms. The van der Waals surface area contributed by atoms with Crippen LogP contribution in [0.25, 0.3) is 11.4 Å². The van der Waals surface area contributed by atoms with Gasteiger partial charge in [-0.25, -0.2) is 9.48 Å². The van der Waals surface area contributed by atoms with E-state index in [9.17, 15) is 27.9 Å². The molecule has 0 unspecified atom stereocenters. The van der Waals surface area contributed by atoms with Gasteiger partial charge >= 0.3 is 12.1 Å². The minimum Gasteiger partial charge on any atom is -0.477 e. The average molecular weight is 455 g/mol. The minimum atomic E-state index is -4.63. The maximum absolute atomic E-state index is 13.0. The van der Waals surface area contributed by atoms with E-state index in [0.29, 0.717) is 17.3 Å². The highest BCUT2D eigenvalue weighted by atomic mass is 19.4. The van der Waals surface area contributed by atoms with Gasteiger partial charge in [0.2, 0.25) is 0 Å². The number of alkyl halides is 3. The van der Waals surface area contributed by atoms with Gasteiger partial charge in [0, 0.05) is 12.7 Å². The SMILES string of the molecule is CN/C(=C(/C(=O)O)C(=O)Nc1cccc(C(F)(F)F)c1)c1ccnn1-c1ccc(C#N)cc1. The van der Waals surface area contributed by atoms with E-state index in [1.54, 1.807) is 24.3 Å². The maximum atomic E-state index is 13.0. The van der Waals surface area contributed by atoms with Crippen LogP contribution < -0.4 is 10.6 Å². The Balaban J connectivity index is 2.04. The zero-order valence-electron chi connectivity index (χ0n) is 17.0. The molecule has 3 aromatic rings. The molecule has 0 aliphatic rings. The second-order valence-electron chi connectivity index (χ2n) is 6.62. The molecule has 0 atom stereocenters. The highest BCUT2D eigenvalue weighted by Gasteiger charge is 2.31. The lowest BCUT2D eigenvalue weighted by Crippen LogP contribution is -2.26. The van der Waals surface area contributed by atoms with Crippen molar-refractivity contribution < 1.29 is 27.9 Å². The molecule has 0 saturated carbocycles. The second-order valence-corrected chi connectivity index (χ2v) is 6.62. The Kier molecular flexibility index (Phi) is 6.48. The number of anilines is 1. The summed E-state index contributed by atoms with van der Waals surface area (Å²) in [6, 6.07) is 13.6. The quantitative estimate of drug-likeness (QED) is 0.298. The zero-order chi connectivity index (χ0) is 24.2. The maximum Gasteiger partial charge on any atom is 0.416 e. The van der Waals surface area contributed by atoms with E-state index in [0.717, 1.165) is 12.1 Å². The van der Waals surface area contributed by atoms with Gasteiger partial charge in [0.15, 0.2) is 0 Å². The topological polar surface area (TPSA) is 120 Å². The molecular formula is C22H16F3N5O3. The average Bonchev–Trinajstić information content (AvgIpc) is 3.26. The van der Waals surface area contributed by atoms with Gasteiger partial charge in [0.1, 0.15) is 5.57 Å². The molecule has 168 valence electrons. The molecule has 0 radical (unpaired) electrons. The molecule has 1 aromatic heterocycles. The number of nitriles is 1. The number of carbonyl (C=O) groups is 2.